The molecule has 0 spiro atoms. The van der Waals surface area contributed by atoms with Crippen molar-refractivity contribution >= 4 is 46.6 Å². The van der Waals surface area contributed by atoms with E-state index in [0.717, 1.165) is 9.79 Å². The molecule has 0 aliphatic heterocycles. The van der Waals surface area contributed by atoms with Gasteiger partial charge < -0.3 is 5.32 Å². The van der Waals surface area contributed by atoms with Gasteiger partial charge in [0, 0.05) is 14.8 Å². The minimum absolute atomic E-state index is 0.281. The summed E-state index contributed by atoms with van der Waals surface area (Å²) in [5, 5.41) is 13.1. The van der Waals surface area contributed by atoms with Gasteiger partial charge >= 0.3 is 0 Å². The van der Waals surface area contributed by atoms with Gasteiger partial charge in [0.1, 0.15) is 6.07 Å². The zero-order valence-electron chi connectivity index (χ0n) is 14.3. The largest absolute Gasteiger partial charge is 0.321 e. The first kappa shape index (κ1) is 19.3. The number of anilines is 1. The van der Waals surface area contributed by atoms with E-state index in [1.165, 1.54) is 11.8 Å². The van der Waals surface area contributed by atoms with Crippen molar-refractivity contribution in [3.63, 3.8) is 0 Å². The summed E-state index contributed by atoms with van der Waals surface area (Å²) in [6.07, 6.45) is 0. The third-order valence-electron chi connectivity index (χ3n) is 3.93. The Hall–Kier alpha value is -2.45. The number of amides is 1. The summed E-state index contributed by atoms with van der Waals surface area (Å²) in [5.74, 6) is -0.281. The molecule has 0 saturated carbocycles. The summed E-state index contributed by atoms with van der Waals surface area (Å²) in [5.41, 5.74) is 2.27. The van der Waals surface area contributed by atoms with E-state index in [1.807, 2.05) is 30.3 Å². The number of hydrogen-bond acceptors (Lipinski definition) is 3. The predicted octanol–water partition coefficient (Wildman–Crippen LogP) is 6.58. The SMILES string of the molecule is Cc1c(Cl)ccc(NC(=O)c2ccccc2Sc2ccccc2C#N)c1Cl. The number of halogens is 2. The summed E-state index contributed by atoms with van der Waals surface area (Å²) in [6.45, 7) is 1.79. The highest BCUT2D eigenvalue weighted by Crippen LogP contribution is 2.34. The zero-order chi connectivity index (χ0) is 19.4. The molecular weight excluding hydrogens is 399 g/mol. The maximum Gasteiger partial charge on any atom is 0.256 e. The molecule has 3 aromatic rings. The smallest absolute Gasteiger partial charge is 0.256 e. The van der Waals surface area contributed by atoms with Gasteiger partial charge in [-0.25, -0.2) is 0 Å². The first-order chi connectivity index (χ1) is 13.0. The van der Waals surface area contributed by atoms with Gasteiger partial charge in [0.2, 0.25) is 0 Å². The number of nitriles is 1. The van der Waals surface area contributed by atoms with Gasteiger partial charge in [-0.1, -0.05) is 59.2 Å². The van der Waals surface area contributed by atoms with Crippen LogP contribution in [0.1, 0.15) is 21.5 Å². The number of nitrogens with one attached hydrogen (secondary N) is 1. The summed E-state index contributed by atoms with van der Waals surface area (Å²) < 4.78 is 0. The number of carbonyl (C=O) groups is 1. The van der Waals surface area contributed by atoms with Crippen molar-refractivity contribution in [3.05, 3.63) is 87.4 Å². The quantitative estimate of drug-likeness (QED) is 0.526. The topological polar surface area (TPSA) is 52.9 Å². The van der Waals surface area contributed by atoms with Gasteiger partial charge in [-0.2, -0.15) is 5.26 Å². The van der Waals surface area contributed by atoms with Crippen LogP contribution in [0.5, 0.6) is 0 Å². The maximum atomic E-state index is 12.8. The maximum absolute atomic E-state index is 12.8. The Morgan fingerprint density at radius 3 is 2.41 bits per heavy atom. The summed E-state index contributed by atoms with van der Waals surface area (Å²) in [7, 11) is 0. The fraction of sp³-hybridized carbons (Fsp3) is 0.0476. The van der Waals surface area contributed by atoms with E-state index in [0.29, 0.717) is 32.4 Å². The summed E-state index contributed by atoms with van der Waals surface area (Å²) >= 11 is 13.7. The minimum Gasteiger partial charge on any atom is -0.321 e. The van der Waals surface area contributed by atoms with Crippen molar-refractivity contribution in [1.29, 1.82) is 5.26 Å². The molecule has 0 unspecified atom stereocenters. The van der Waals surface area contributed by atoms with Crippen LogP contribution in [0.25, 0.3) is 0 Å². The molecule has 0 saturated heterocycles. The number of carbonyl (C=O) groups excluding carboxylic acids is 1. The van der Waals surface area contributed by atoms with E-state index in [4.69, 9.17) is 23.2 Å². The molecule has 0 aliphatic carbocycles. The molecule has 3 nitrogen and oxygen atoms in total. The second-order valence-corrected chi connectivity index (χ2v) is 7.56. The first-order valence-electron chi connectivity index (χ1n) is 8.03. The lowest BCUT2D eigenvalue weighted by atomic mass is 10.2. The van der Waals surface area contributed by atoms with Crippen LogP contribution in [-0.2, 0) is 0 Å². The Morgan fingerprint density at radius 1 is 1.00 bits per heavy atom. The van der Waals surface area contributed by atoms with Gasteiger partial charge in [-0.15, -0.1) is 0 Å². The third-order valence-corrected chi connectivity index (χ3v) is 5.98. The molecule has 1 amide bonds. The first-order valence-corrected chi connectivity index (χ1v) is 9.60. The molecule has 0 aliphatic rings. The Kier molecular flexibility index (Phi) is 6.08. The van der Waals surface area contributed by atoms with Crippen LogP contribution in [0.4, 0.5) is 5.69 Å². The average Bonchev–Trinajstić information content (AvgIpc) is 2.69. The molecule has 6 heteroatoms. The predicted molar refractivity (Wildman–Crippen MR) is 111 cm³/mol. The molecule has 0 fully saturated rings. The molecule has 1 N–H and O–H groups in total. The minimum atomic E-state index is -0.281. The van der Waals surface area contributed by atoms with Crippen LogP contribution in [-0.4, -0.2) is 5.91 Å². The lowest BCUT2D eigenvalue weighted by molar-refractivity contribution is 0.102. The highest BCUT2D eigenvalue weighted by molar-refractivity contribution is 7.99. The van der Waals surface area contributed by atoms with Crippen molar-refractivity contribution in [2.24, 2.45) is 0 Å². The molecule has 0 aromatic heterocycles. The van der Waals surface area contributed by atoms with E-state index >= 15 is 0 Å². The van der Waals surface area contributed by atoms with Crippen LogP contribution in [0, 0.1) is 18.3 Å². The molecule has 3 rings (SSSR count). The molecule has 0 bridgehead atoms. The molecular formula is C21H14Cl2N2OS. The lowest BCUT2D eigenvalue weighted by Crippen LogP contribution is -2.13. The number of nitrogens with zero attached hydrogens (tertiary/aromatic N) is 1. The fourth-order valence-electron chi connectivity index (χ4n) is 2.46. The highest BCUT2D eigenvalue weighted by Gasteiger charge is 2.16. The Labute approximate surface area is 171 Å². The zero-order valence-corrected chi connectivity index (χ0v) is 16.6. The van der Waals surface area contributed by atoms with Crippen LogP contribution in [0.2, 0.25) is 10.0 Å². The van der Waals surface area contributed by atoms with Crippen LogP contribution < -0.4 is 5.32 Å². The molecule has 0 atom stereocenters. The van der Waals surface area contributed by atoms with E-state index in [9.17, 15) is 10.1 Å². The van der Waals surface area contributed by atoms with Crippen molar-refractivity contribution in [2.75, 3.05) is 5.32 Å². The lowest BCUT2D eigenvalue weighted by Gasteiger charge is -2.13. The molecule has 0 heterocycles. The van der Waals surface area contributed by atoms with Crippen LogP contribution in [0.3, 0.4) is 0 Å². The Bertz CT molecular complexity index is 1060. The molecule has 3 aromatic carbocycles. The standard InChI is InChI=1S/C21H14Cl2N2OS/c1-13-16(22)10-11-17(20(13)23)25-21(26)15-7-3-5-9-19(15)27-18-8-4-2-6-14(18)12-24/h2-11H,1H3,(H,25,26). The third kappa shape index (κ3) is 4.28. The summed E-state index contributed by atoms with van der Waals surface area (Å²) in [4.78, 5) is 14.4. The van der Waals surface area contributed by atoms with E-state index in [1.54, 1.807) is 37.3 Å². The molecule has 0 radical (unpaired) electrons. The van der Waals surface area contributed by atoms with Crippen LogP contribution >= 0.6 is 35.0 Å². The van der Waals surface area contributed by atoms with E-state index < -0.39 is 0 Å². The second-order valence-electron chi connectivity index (χ2n) is 5.69. The Balaban J connectivity index is 1.91. The van der Waals surface area contributed by atoms with Gasteiger partial charge in [0.25, 0.3) is 5.91 Å². The van der Waals surface area contributed by atoms with E-state index in [-0.39, 0.29) is 5.91 Å². The van der Waals surface area contributed by atoms with E-state index in [2.05, 4.69) is 11.4 Å². The Morgan fingerprint density at radius 2 is 1.67 bits per heavy atom. The average molecular weight is 413 g/mol. The van der Waals surface area contributed by atoms with Crippen molar-refractivity contribution in [1.82, 2.24) is 0 Å². The van der Waals surface area contributed by atoms with Crippen molar-refractivity contribution in [3.8, 4) is 6.07 Å². The fourth-order valence-corrected chi connectivity index (χ4v) is 3.90. The molecule has 134 valence electrons. The van der Waals surface area contributed by atoms with Gasteiger partial charge in [-0.3, -0.25) is 4.79 Å². The van der Waals surface area contributed by atoms with Gasteiger partial charge in [0.05, 0.1) is 21.8 Å². The van der Waals surface area contributed by atoms with Gasteiger partial charge in [0.15, 0.2) is 0 Å². The number of rotatable bonds is 4. The van der Waals surface area contributed by atoms with Crippen LogP contribution in [0.15, 0.2) is 70.5 Å². The monoisotopic (exact) mass is 412 g/mol. The number of hydrogen-bond donors (Lipinski definition) is 1. The normalized spacial score (nSPS) is 10.3. The van der Waals surface area contributed by atoms with Crippen molar-refractivity contribution in [2.45, 2.75) is 16.7 Å². The van der Waals surface area contributed by atoms with Gasteiger partial charge in [-0.05, 0) is 48.9 Å². The highest BCUT2D eigenvalue weighted by atomic mass is 35.5. The summed E-state index contributed by atoms with van der Waals surface area (Å²) in [6, 6.07) is 20.1. The van der Waals surface area contributed by atoms with Crippen molar-refractivity contribution < 1.29 is 4.79 Å². The second kappa shape index (κ2) is 8.49. The molecule has 27 heavy (non-hydrogen) atoms. The number of benzene rings is 3.